The first-order valence-electron chi connectivity index (χ1n) is 8.73. The summed E-state index contributed by atoms with van der Waals surface area (Å²) in [7, 11) is 0. The van der Waals surface area contributed by atoms with Gasteiger partial charge in [-0.1, -0.05) is 0 Å². The Morgan fingerprint density at radius 3 is 2.96 bits per heavy atom. The van der Waals surface area contributed by atoms with Crippen LogP contribution in [0.25, 0.3) is 11.2 Å². The van der Waals surface area contributed by atoms with Gasteiger partial charge in [-0.15, -0.1) is 5.10 Å². The maximum Gasteiger partial charge on any atom is 0.261 e. The first kappa shape index (κ1) is 15.6. The molecular weight excluding hydrogens is 306 g/mol. The number of anilines is 1. The molecule has 2 saturated heterocycles. The Hall–Kier alpha value is -1.93. The van der Waals surface area contributed by atoms with E-state index in [4.69, 9.17) is 10.5 Å². The van der Waals surface area contributed by atoms with Gasteiger partial charge in [0.1, 0.15) is 11.9 Å². The summed E-state index contributed by atoms with van der Waals surface area (Å²) < 4.78 is 5.98. The number of hydrogen-bond donors (Lipinski definition) is 3. The van der Waals surface area contributed by atoms with Crippen molar-refractivity contribution in [2.45, 2.75) is 44.2 Å². The first-order valence-corrected chi connectivity index (χ1v) is 8.73. The monoisotopic (exact) mass is 331 g/mol. The average Bonchev–Trinajstić information content (AvgIpc) is 2.98. The van der Waals surface area contributed by atoms with Crippen molar-refractivity contribution in [1.82, 2.24) is 25.5 Å². The Morgan fingerprint density at radius 2 is 2.21 bits per heavy atom. The van der Waals surface area contributed by atoms with Crippen LogP contribution in [0, 0.1) is 0 Å². The van der Waals surface area contributed by atoms with Gasteiger partial charge in [-0.2, -0.15) is 0 Å². The van der Waals surface area contributed by atoms with Gasteiger partial charge in [-0.05, 0) is 39.2 Å². The quantitative estimate of drug-likeness (QED) is 0.764. The van der Waals surface area contributed by atoms with Crippen molar-refractivity contribution in [2.24, 2.45) is 5.73 Å². The van der Waals surface area contributed by atoms with Crippen molar-refractivity contribution < 1.29 is 4.74 Å². The highest BCUT2D eigenvalue weighted by Gasteiger charge is 2.27. The summed E-state index contributed by atoms with van der Waals surface area (Å²) >= 11 is 0. The van der Waals surface area contributed by atoms with Gasteiger partial charge in [0.05, 0.1) is 6.20 Å². The maximum absolute atomic E-state index is 6.20. The largest absolute Gasteiger partial charge is 0.470 e. The molecule has 2 aliphatic rings. The summed E-state index contributed by atoms with van der Waals surface area (Å²) in [5.74, 6) is 1.42. The Morgan fingerprint density at radius 1 is 1.38 bits per heavy atom. The molecule has 8 nitrogen and oxygen atoms in total. The Bertz CT molecular complexity index is 698. The highest BCUT2D eigenvalue weighted by Crippen LogP contribution is 2.26. The van der Waals surface area contributed by atoms with E-state index in [1.54, 1.807) is 0 Å². The van der Waals surface area contributed by atoms with Crippen LogP contribution in [-0.4, -0.2) is 58.0 Å². The number of aromatic nitrogens is 4. The molecule has 0 aliphatic carbocycles. The lowest BCUT2D eigenvalue weighted by molar-refractivity contribution is 0.162. The normalized spacial score (nSPS) is 24.2. The molecule has 4 heterocycles. The minimum atomic E-state index is -0.0724. The van der Waals surface area contributed by atoms with Gasteiger partial charge in [0.25, 0.3) is 5.88 Å². The number of H-pyrrole nitrogens is 1. The third kappa shape index (κ3) is 3.16. The van der Waals surface area contributed by atoms with E-state index < -0.39 is 0 Å². The molecule has 0 aromatic carbocycles. The van der Waals surface area contributed by atoms with Crippen molar-refractivity contribution in [3.63, 3.8) is 0 Å². The number of piperidine rings is 2. The van der Waals surface area contributed by atoms with E-state index >= 15 is 0 Å². The van der Waals surface area contributed by atoms with Crippen LogP contribution in [0.4, 0.5) is 5.82 Å². The van der Waals surface area contributed by atoms with Crippen LogP contribution >= 0.6 is 0 Å². The minimum absolute atomic E-state index is 0.0724. The molecule has 0 spiro atoms. The van der Waals surface area contributed by atoms with E-state index in [1.807, 2.05) is 6.20 Å². The lowest BCUT2D eigenvalue weighted by atomic mass is 9.91. The van der Waals surface area contributed by atoms with Crippen LogP contribution in [0.5, 0.6) is 5.88 Å². The van der Waals surface area contributed by atoms with Crippen LogP contribution in [-0.2, 0) is 0 Å². The van der Waals surface area contributed by atoms with Crippen molar-refractivity contribution in [3.8, 4) is 5.88 Å². The molecule has 2 fully saturated rings. The summed E-state index contributed by atoms with van der Waals surface area (Å²) in [5.41, 5.74) is 7.50. The fraction of sp³-hybridized carbons (Fsp3) is 0.688. The van der Waals surface area contributed by atoms with Crippen LogP contribution in [0.2, 0.25) is 0 Å². The van der Waals surface area contributed by atoms with E-state index in [1.165, 1.54) is 0 Å². The second kappa shape index (κ2) is 6.18. The molecular formula is C16H25N7O. The fourth-order valence-electron chi connectivity index (χ4n) is 3.33. The van der Waals surface area contributed by atoms with Crippen molar-refractivity contribution in [3.05, 3.63) is 6.20 Å². The number of nitrogens with one attached hydrogen (secondary N) is 2. The Labute approximate surface area is 141 Å². The number of aromatic amines is 1. The fourth-order valence-corrected chi connectivity index (χ4v) is 3.33. The molecule has 2 aromatic heterocycles. The SMILES string of the molecule is CC1(N)CCN(c2cnc3c(OC4CCCNC4)n[nH]c3n2)CC1. The zero-order valence-corrected chi connectivity index (χ0v) is 14.1. The summed E-state index contributed by atoms with van der Waals surface area (Å²) in [5, 5.41) is 10.6. The van der Waals surface area contributed by atoms with Gasteiger partial charge in [0, 0.05) is 25.2 Å². The zero-order valence-electron chi connectivity index (χ0n) is 14.1. The lowest BCUT2D eigenvalue weighted by Gasteiger charge is -2.37. The number of rotatable bonds is 3. The van der Waals surface area contributed by atoms with Crippen LogP contribution in [0.3, 0.4) is 0 Å². The van der Waals surface area contributed by atoms with Crippen LogP contribution < -0.4 is 20.7 Å². The summed E-state index contributed by atoms with van der Waals surface area (Å²) in [4.78, 5) is 11.4. The molecule has 130 valence electrons. The summed E-state index contributed by atoms with van der Waals surface area (Å²) in [6, 6.07) is 0. The van der Waals surface area contributed by atoms with Gasteiger partial charge >= 0.3 is 0 Å². The number of hydrogen-bond acceptors (Lipinski definition) is 7. The van der Waals surface area contributed by atoms with E-state index in [2.05, 4.69) is 37.3 Å². The highest BCUT2D eigenvalue weighted by molar-refractivity contribution is 5.77. The van der Waals surface area contributed by atoms with Crippen LogP contribution in [0.15, 0.2) is 6.20 Å². The van der Waals surface area contributed by atoms with Crippen LogP contribution in [0.1, 0.15) is 32.6 Å². The lowest BCUT2D eigenvalue weighted by Crippen LogP contribution is -2.48. The molecule has 0 bridgehead atoms. The maximum atomic E-state index is 6.20. The molecule has 0 amide bonds. The predicted molar refractivity (Wildman–Crippen MR) is 92.2 cm³/mol. The van der Waals surface area contributed by atoms with E-state index in [0.717, 1.165) is 57.7 Å². The molecule has 2 aliphatic heterocycles. The Balaban J connectivity index is 1.50. The van der Waals surface area contributed by atoms with Gasteiger partial charge in [0.15, 0.2) is 11.2 Å². The third-order valence-electron chi connectivity index (χ3n) is 4.99. The number of nitrogens with zero attached hydrogens (tertiary/aromatic N) is 4. The molecule has 1 unspecified atom stereocenters. The zero-order chi connectivity index (χ0) is 16.6. The van der Waals surface area contributed by atoms with Crippen molar-refractivity contribution in [2.75, 3.05) is 31.1 Å². The van der Waals surface area contributed by atoms with E-state index in [0.29, 0.717) is 17.0 Å². The van der Waals surface area contributed by atoms with Gasteiger partial charge in [0.2, 0.25) is 0 Å². The molecule has 2 aromatic rings. The van der Waals surface area contributed by atoms with Crippen molar-refractivity contribution >= 4 is 17.0 Å². The van der Waals surface area contributed by atoms with E-state index in [-0.39, 0.29) is 11.6 Å². The molecule has 24 heavy (non-hydrogen) atoms. The standard InChI is InChI=1S/C16H25N7O/c1-16(17)4-7-23(8-5-16)12-10-19-13-14(20-12)21-22-15(13)24-11-3-2-6-18-9-11/h10-11,18H,2-9,17H2,1H3,(H,20,21,22). The number of fused-ring (bicyclic) bond motifs is 1. The van der Waals surface area contributed by atoms with Gasteiger partial charge in [-0.3, -0.25) is 5.10 Å². The van der Waals surface area contributed by atoms with Crippen molar-refractivity contribution in [1.29, 1.82) is 0 Å². The first-order chi connectivity index (χ1) is 11.6. The van der Waals surface area contributed by atoms with E-state index in [9.17, 15) is 0 Å². The molecule has 4 N–H and O–H groups in total. The molecule has 8 heteroatoms. The third-order valence-corrected chi connectivity index (χ3v) is 4.99. The molecule has 4 rings (SSSR count). The second-order valence-electron chi connectivity index (χ2n) is 7.18. The number of nitrogens with two attached hydrogens (primary N) is 1. The summed E-state index contributed by atoms with van der Waals surface area (Å²) in [6.07, 6.45) is 6.03. The second-order valence-corrected chi connectivity index (χ2v) is 7.18. The van der Waals surface area contributed by atoms with Gasteiger partial charge in [-0.25, -0.2) is 9.97 Å². The minimum Gasteiger partial charge on any atom is -0.470 e. The molecule has 0 radical (unpaired) electrons. The number of ether oxygens (including phenoxy) is 1. The Kier molecular flexibility index (Phi) is 4.01. The summed E-state index contributed by atoms with van der Waals surface area (Å²) in [6.45, 7) is 5.82. The van der Waals surface area contributed by atoms with Gasteiger partial charge < -0.3 is 20.7 Å². The predicted octanol–water partition coefficient (Wildman–Crippen LogP) is 0.801. The average molecular weight is 331 g/mol. The molecule has 0 saturated carbocycles. The smallest absolute Gasteiger partial charge is 0.261 e. The molecule has 1 atom stereocenters. The topological polar surface area (TPSA) is 105 Å². The highest BCUT2D eigenvalue weighted by atomic mass is 16.5.